The molecule has 0 radical (unpaired) electrons. The highest BCUT2D eigenvalue weighted by atomic mass is 79.9. The fourth-order valence-electron chi connectivity index (χ4n) is 1.14. The largest absolute Gasteiger partial charge is 0.502 e. The minimum atomic E-state index is -0.819. The van der Waals surface area contributed by atoms with E-state index in [0.717, 1.165) is 11.4 Å². The third kappa shape index (κ3) is 3.03. The Morgan fingerprint density at radius 3 is 2.81 bits per heavy atom. The number of nitrogens with zero attached hydrogens (tertiary/aromatic N) is 1. The maximum Gasteiger partial charge on any atom is 0.314 e. The number of phenolic OH excluding ortho intramolecular Hbond substituents is 1. The Labute approximate surface area is 99.7 Å². The lowest BCUT2D eigenvalue weighted by Crippen LogP contribution is -1.92. The number of nitro groups is 1. The van der Waals surface area contributed by atoms with Gasteiger partial charge in [0.1, 0.15) is 5.82 Å². The molecule has 0 heterocycles. The van der Waals surface area contributed by atoms with Crippen molar-refractivity contribution in [3.8, 4) is 5.75 Å². The van der Waals surface area contributed by atoms with Gasteiger partial charge in [-0.3, -0.25) is 10.1 Å². The molecule has 0 fully saturated rings. The number of benzene rings is 1. The first kappa shape index (κ1) is 12.6. The molecule has 1 N–H and O–H groups in total. The molecule has 0 aromatic heterocycles. The molecule has 1 aromatic rings. The van der Waals surface area contributed by atoms with E-state index in [1.165, 1.54) is 6.08 Å². The third-order valence-corrected chi connectivity index (χ3v) is 2.31. The van der Waals surface area contributed by atoms with Crippen LogP contribution in [0.1, 0.15) is 12.0 Å². The van der Waals surface area contributed by atoms with Crippen molar-refractivity contribution >= 4 is 27.7 Å². The van der Waals surface area contributed by atoms with E-state index >= 15 is 0 Å². The van der Waals surface area contributed by atoms with Crippen LogP contribution in [0.3, 0.4) is 0 Å². The number of phenols is 1. The van der Waals surface area contributed by atoms with Crippen LogP contribution in [0.2, 0.25) is 0 Å². The van der Waals surface area contributed by atoms with E-state index < -0.39 is 22.2 Å². The van der Waals surface area contributed by atoms with Gasteiger partial charge < -0.3 is 5.11 Å². The highest BCUT2D eigenvalue weighted by Gasteiger charge is 2.17. The van der Waals surface area contributed by atoms with Crippen LogP contribution < -0.4 is 0 Å². The van der Waals surface area contributed by atoms with E-state index in [4.69, 9.17) is 0 Å². The van der Waals surface area contributed by atoms with Crippen LogP contribution >= 0.6 is 15.9 Å². The number of alkyl halides is 1. The van der Waals surface area contributed by atoms with Gasteiger partial charge in [0, 0.05) is 10.9 Å². The van der Waals surface area contributed by atoms with Crippen molar-refractivity contribution in [3.05, 3.63) is 39.7 Å². The van der Waals surface area contributed by atoms with Gasteiger partial charge in [-0.25, -0.2) is 4.39 Å². The van der Waals surface area contributed by atoms with Gasteiger partial charge >= 0.3 is 5.69 Å². The van der Waals surface area contributed by atoms with Gasteiger partial charge in [-0.15, -0.1) is 0 Å². The molecule has 0 aliphatic carbocycles. The molecule has 4 nitrogen and oxygen atoms in total. The smallest absolute Gasteiger partial charge is 0.314 e. The van der Waals surface area contributed by atoms with Gasteiger partial charge in [-0.05, 0) is 12.5 Å². The molecule has 0 spiro atoms. The van der Waals surface area contributed by atoms with Crippen molar-refractivity contribution in [1.29, 1.82) is 0 Å². The molecule has 0 unspecified atom stereocenters. The molecule has 1 aromatic carbocycles. The second kappa shape index (κ2) is 5.60. The minimum absolute atomic E-state index is 0.104. The van der Waals surface area contributed by atoms with E-state index in [-0.39, 0.29) is 5.56 Å². The van der Waals surface area contributed by atoms with Crippen LogP contribution in [0.25, 0.3) is 6.08 Å². The van der Waals surface area contributed by atoms with Crippen LogP contribution in [0, 0.1) is 15.9 Å². The van der Waals surface area contributed by atoms with Gasteiger partial charge in [-0.1, -0.05) is 28.1 Å². The highest BCUT2D eigenvalue weighted by molar-refractivity contribution is 9.09. The van der Waals surface area contributed by atoms with Crippen LogP contribution in [0.4, 0.5) is 10.1 Å². The Hall–Kier alpha value is -1.43. The van der Waals surface area contributed by atoms with E-state index in [1.807, 2.05) is 0 Å². The molecule has 1 rings (SSSR count). The van der Waals surface area contributed by atoms with E-state index in [0.29, 0.717) is 12.5 Å². The Morgan fingerprint density at radius 1 is 1.56 bits per heavy atom. The quantitative estimate of drug-likeness (QED) is 0.526. The first-order valence-electron chi connectivity index (χ1n) is 4.45. The summed E-state index contributed by atoms with van der Waals surface area (Å²) in [4.78, 5) is 9.68. The number of rotatable bonds is 4. The van der Waals surface area contributed by atoms with Crippen molar-refractivity contribution in [3.63, 3.8) is 0 Å². The number of aromatic hydroxyl groups is 1. The molecule has 0 atom stereocenters. The van der Waals surface area contributed by atoms with Gasteiger partial charge in [0.15, 0.2) is 0 Å². The Balaban J connectivity index is 3.14. The summed E-state index contributed by atoms with van der Waals surface area (Å²) in [6, 6.07) is 1.74. The van der Waals surface area contributed by atoms with E-state index in [1.54, 1.807) is 6.08 Å². The van der Waals surface area contributed by atoms with Gasteiger partial charge in [0.2, 0.25) is 5.75 Å². The summed E-state index contributed by atoms with van der Waals surface area (Å²) in [6.45, 7) is 0. The standard InChI is InChI=1S/C10H9BrFNO3/c11-4-2-1-3-7-5-8(12)6-9(10(7)14)13(15)16/h1,3,5-6,14H,2,4H2. The van der Waals surface area contributed by atoms with Crippen LogP contribution in [0.5, 0.6) is 5.75 Å². The predicted octanol–water partition coefficient (Wildman–Crippen LogP) is 3.24. The van der Waals surface area contributed by atoms with Crippen molar-refractivity contribution in [1.82, 2.24) is 0 Å². The summed E-state index contributed by atoms with van der Waals surface area (Å²) >= 11 is 3.20. The molecule has 16 heavy (non-hydrogen) atoms. The fourth-order valence-corrected chi connectivity index (χ4v) is 1.41. The van der Waals surface area contributed by atoms with Crippen molar-refractivity contribution in [2.75, 3.05) is 5.33 Å². The number of hydrogen-bond donors (Lipinski definition) is 1. The minimum Gasteiger partial charge on any atom is -0.502 e. The number of hydrogen-bond acceptors (Lipinski definition) is 3. The predicted molar refractivity (Wildman–Crippen MR) is 62.2 cm³/mol. The molecule has 0 saturated carbocycles. The van der Waals surface area contributed by atoms with Crippen LogP contribution in [-0.2, 0) is 0 Å². The molecular formula is C10H9BrFNO3. The molecule has 0 saturated heterocycles. The molecule has 0 amide bonds. The first-order valence-corrected chi connectivity index (χ1v) is 5.58. The lowest BCUT2D eigenvalue weighted by atomic mass is 10.1. The maximum atomic E-state index is 13.0. The monoisotopic (exact) mass is 289 g/mol. The van der Waals surface area contributed by atoms with Crippen molar-refractivity contribution in [2.45, 2.75) is 6.42 Å². The Bertz CT molecular complexity index is 434. The summed E-state index contributed by atoms with van der Waals surface area (Å²) in [6.07, 6.45) is 3.82. The Morgan fingerprint density at radius 2 is 2.25 bits per heavy atom. The SMILES string of the molecule is O=[N+]([O-])c1cc(F)cc(C=CCCBr)c1O. The Kier molecular flexibility index (Phi) is 4.42. The fraction of sp³-hybridized carbons (Fsp3) is 0.200. The van der Waals surface area contributed by atoms with Gasteiger partial charge in [0.25, 0.3) is 0 Å². The lowest BCUT2D eigenvalue weighted by molar-refractivity contribution is -0.386. The zero-order valence-electron chi connectivity index (χ0n) is 8.19. The molecule has 0 bridgehead atoms. The van der Waals surface area contributed by atoms with Crippen LogP contribution in [0.15, 0.2) is 18.2 Å². The van der Waals surface area contributed by atoms with E-state index in [2.05, 4.69) is 15.9 Å². The topological polar surface area (TPSA) is 63.4 Å². The first-order chi connectivity index (χ1) is 7.56. The third-order valence-electron chi connectivity index (χ3n) is 1.85. The molecule has 86 valence electrons. The van der Waals surface area contributed by atoms with Gasteiger partial charge in [-0.2, -0.15) is 0 Å². The summed E-state index contributed by atoms with van der Waals surface area (Å²) in [5, 5.41) is 20.7. The van der Waals surface area contributed by atoms with E-state index in [9.17, 15) is 19.6 Å². The lowest BCUT2D eigenvalue weighted by Gasteiger charge is -2.00. The second-order valence-corrected chi connectivity index (χ2v) is 3.79. The summed E-state index contributed by atoms with van der Waals surface area (Å²) in [7, 11) is 0. The van der Waals surface area contributed by atoms with Crippen LogP contribution in [-0.4, -0.2) is 15.4 Å². The molecular weight excluding hydrogens is 281 g/mol. The second-order valence-electron chi connectivity index (χ2n) is 3.00. The highest BCUT2D eigenvalue weighted by Crippen LogP contribution is 2.31. The zero-order chi connectivity index (χ0) is 12.1. The summed E-state index contributed by atoms with van der Waals surface area (Å²) < 4.78 is 13.0. The maximum absolute atomic E-state index is 13.0. The molecule has 6 heteroatoms. The number of nitro benzene ring substituents is 1. The summed E-state index contributed by atoms with van der Waals surface area (Å²) in [5.41, 5.74) is -0.522. The zero-order valence-corrected chi connectivity index (χ0v) is 9.78. The average molecular weight is 290 g/mol. The van der Waals surface area contributed by atoms with Gasteiger partial charge in [0.05, 0.1) is 11.0 Å². The number of halogens is 2. The van der Waals surface area contributed by atoms with Crippen molar-refractivity contribution < 1.29 is 14.4 Å². The molecule has 0 aliphatic heterocycles. The number of allylic oxidation sites excluding steroid dienone is 1. The van der Waals surface area contributed by atoms with Crippen molar-refractivity contribution in [2.24, 2.45) is 0 Å². The summed E-state index contributed by atoms with van der Waals surface area (Å²) in [5.74, 6) is -1.26. The molecule has 0 aliphatic rings. The normalized spacial score (nSPS) is 10.9. The average Bonchev–Trinajstić information content (AvgIpc) is 2.22.